The van der Waals surface area contributed by atoms with E-state index in [4.69, 9.17) is 5.73 Å². The van der Waals surface area contributed by atoms with Gasteiger partial charge in [0.25, 0.3) is 0 Å². The minimum atomic E-state index is 0.312. The molecule has 0 atom stereocenters. The highest BCUT2D eigenvalue weighted by Crippen LogP contribution is 1.91. The largest absolute Gasteiger partial charge is 0.337 e. The van der Waals surface area contributed by atoms with Crippen molar-refractivity contribution in [2.24, 2.45) is 5.73 Å². The molecule has 0 aliphatic carbocycles. The van der Waals surface area contributed by atoms with Crippen LogP contribution in [0.5, 0.6) is 0 Å². The summed E-state index contributed by atoms with van der Waals surface area (Å²) >= 11 is 0. The zero-order valence-electron chi connectivity index (χ0n) is 8.64. The molecule has 0 spiro atoms. The van der Waals surface area contributed by atoms with Crippen molar-refractivity contribution >= 4 is 17.6 Å². The second-order valence-corrected chi connectivity index (χ2v) is 3.61. The van der Waals surface area contributed by atoms with Crippen LogP contribution in [0.3, 0.4) is 0 Å². The summed E-state index contributed by atoms with van der Waals surface area (Å²) in [6.45, 7) is 0.312. The molecule has 1 nitrogen and oxygen atoms in total. The highest BCUT2D eigenvalue weighted by molar-refractivity contribution is 6.85. The summed E-state index contributed by atoms with van der Waals surface area (Å²) in [6, 6.07) is 20.8. The molecule has 0 radical (unpaired) electrons. The molecule has 0 unspecified atom stereocenters. The molecule has 0 bridgehead atoms. The van der Waals surface area contributed by atoms with Crippen LogP contribution in [0.25, 0.3) is 0 Å². The third kappa shape index (κ3) is 2.28. The lowest BCUT2D eigenvalue weighted by molar-refractivity contribution is 1.35. The molecule has 74 valence electrons. The summed E-state index contributed by atoms with van der Waals surface area (Å²) in [6.07, 6.45) is 0.647. The Balaban J connectivity index is 2.34. The van der Waals surface area contributed by atoms with Crippen molar-refractivity contribution in [2.75, 3.05) is 6.44 Å². The van der Waals surface area contributed by atoms with Gasteiger partial charge >= 0.3 is 0 Å². The molecule has 2 aromatic rings. The van der Waals surface area contributed by atoms with Crippen molar-refractivity contribution in [3.05, 3.63) is 60.7 Å². The summed E-state index contributed by atoms with van der Waals surface area (Å²) in [4.78, 5) is 0. The number of nitrogens with two attached hydrogens (primary N) is 1. The Hall–Kier alpha value is -1.54. The van der Waals surface area contributed by atoms with Crippen molar-refractivity contribution < 1.29 is 0 Å². The average molecular weight is 195 g/mol. The number of hydrogen-bond acceptors (Lipinski definition) is 1. The average Bonchev–Trinajstić information content (AvgIpc) is 2.33. The first-order valence-electron chi connectivity index (χ1n) is 5.22. The molecule has 2 heteroatoms. The Kier molecular flexibility index (Phi) is 3.20. The molecular formula is C13H14BN. The fourth-order valence-corrected chi connectivity index (χ4v) is 1.84. The van der Waals surface area contributed by atoms with Crippen LogP contribution in [0, 0.1) is 0 Å². The maximum atomic E-state index is 5.84. The SMILES string of the molecule is NCB(c1ccccc1)c1ccccc1. The van der Waals surface area contributed by atoms with E-state index in [1.54, 1.807) is 0 Å². The van der Waals surface area contributed by atoms with Gasteiger partial charge in [-0.15, -0.1) is 0 Å². The Labute approximate surface area is 91.0 Å². The zero-order valence-corrected chi connectivity index (χ0v) is 8.64. The molecule has 2 N–H and O–H groups in total. The number of benzene rings is 2. The Morgan fingerprint density at radius 3 is 1.47 bits per heavy atom. The lowest BCUT2D eigenvalue weighted by Gasteiger charge is -2.11. The van der Waals surface area contributed by atoms with Gasteiger partial charge in [-0.25, -0.2) is 0 Å². The highest BCUT2D eigenvalue weighted by atomic mass is 14.5. The minimum Gasteiger partial charge on any atom is -0.337 e. The van der Waals surface area contributed by atoms with Crippen LogP contribution in [0.15, 0.2) is 60.7 Å². The van der Waals surface area contributed by atoms with Gasteiger partial charge in [0.15, 0.2) is 0 Å². The molecule has 15 heavy (non-hydrogen) atoms. The lowest BCUT2D eigenvalue weighted by atomic mass is 9.41. The molecule has 0 saturated heterocycles. The van der Waals surface area contributed by atoms with Gasteiger partial charge < -0.3 is 5.73 Å². The summed E-state index contributed by atoms with van der Waals surface area (Å²) in [5.74, 6) is 0. The predicted molar refractivity (Wildman–Crippen MR) is 67.0 cm³/mol. The molecule has 0 heterocycles. The van der Waals surface area contributed by atoms with Crippen molar-refractivity contribution in [3.63, 3.8) is 0 Å². The van der Waals surface area contributed by atoms with Crippen molar-refractivity contribution in [1.82, 2.24) is 0 Å². The zero-order chi connectivity index (χ0) is 10.5. The van der Waals surface area contributed by atoms with E-state index < -0.39 is 0 Å². The number of hydrogen-bond donors (Lipinski definition) is 1. The minimum absolute atomic E-state index is 0.312. The number of rotatable bonds is 3. The van der Waals surface area contributed by atoms with Gasteiger partial charge in [-0.2, -0.15) is 0 Å². The first-order chi connectivity index (χ1) is 7.42. The second kappa shape index (κ2) is 4.81. The first-order valence-corrected chi connectivity index (χ1v) is 5.22. The maximum absolute atomic E-state index is 5.84. The van der Waals surface area contributed by atoms with E-state index in [-0.39, 0.29) is 0 Å². The van der Waals surface area contributed by atoms with E-state index in [0.29, 0.717) is 13.2 Å². The summed E-state index contributed by atoms with van der Waals surface area (Å²) in [7, 11) is 0. The van der Waals surface area contributed by atoms with E-state index in [9.17, 15) is 0 Å². The van der Waals surface area contributed by atoms with Gasteiger partial charge in [0.2, 0.25) is 6.71 Å². The topological polar surface area (TPSA) is 26.0 Å². The molecule has 0 fully saturated rings. The van der Waals surface area contributed by atoms with Crippen LogP contribution in [-0.4, -0.2) is 13.2 Å². The van der Waals surface area contributed by atoms with Gasteiger partial charge in [0.05, 0.1) is 0 Å². The lowest BCUT2D eigenvalue weighted by Crippen LogP contribution is -2.48. The molecular weight excluding hydrogens is 181 g/mol. The maximum Gasteiger partial charge on any atom is 0.222 e. The summed E-state index contributed by atoms with van der Waals surface area (Å²) in [5.41, 5.74) is 8.40. The Bertz CT molecular complexity index is 360. The van der Waals surface area contributed by atoms with Crippen LogP contribution in [0.1, 0.15) is 0 Å². The van der Waals surface area contributed by atoms with Crippen LogP contribution < -0.4 is 16.7 Å². The molecule has 0 aliphatic rings. The van der Waals surface area contributed by atoms with E-state index in [0.717, 1.165) is 0 Å². The van der Waals surface area contributed by atoms with E-state index >= 15 is 0 Å². The predicted octanol–water partition coefficient (Wildman–Crippen LogP) is 0.793. The smallest absolute Gasteiger partial charge is 0.222 e. The summed E-state index contributed by atoms with van der Waals surface area (Å²) in [5, 5.41) is 0. The standard InChI is InChI=1S/C13H14BN/c15-11-14(12-7-3-1-4-8-12)13-9-5-2-6-10-13/h1-10H,11,15H2. The van der Waals surface area contributed by atoms with Crippen LogP contribution in [-0.2, 0) is 0 Å². The van der Waals surface area contributed by atoms with E-state index in [2.05, 4.69) is 48.5 Å². The quantitative estimate of drug-likeness (QED) is 0.720. The van der Waals surface area contributed by atoms with Crippen molar-refractivity contribution in [2.45, 2.75) is 0 Å². The monoisotopic (exact) mass is 195 g/mol. The normalized spacial score (nSPS) is 9.93. The van der Waals surface area contributed by atoms with Gasteiger partial charge in [-0.3, -0.25) is 0 Å². The highest BCUT2D eigenvalue weighted by Gasteiger charge is 2.15. The van der Waals surface area contributed by atoms with Crippen molar-refractivity contribution in [1.29, 1.82) is 0 Å². The first kappa shape index (κ1) is 10.00. The van der Waals surface area contributed by atoms with Gasteiger partial charge in [0, 0.05) is 0 Å². The molecule has 2 aromatic carbocycles. The molecule has 0 aliphatic heterocycles. The van der Waals surface area contributed by atoms with E-state index in [1.165, 1.54) is 10.9 Å². The Morgan fingerprint density at radius 2 is 1.13 bits per heavy atom. The summed E-state index contributed by atoms with van der Waals surface area (Å²) < 4.78 is 0. The Morgan fingerprint density at radius 1 is 0.733 bits per heavy atom. The van der Waals surface area contributed by atoms with Gasteiger partial charge in [0.1, 0.15) is 0 Å². The van der Waals surface area contributed by atoms with Gasteiger partial charge in [-0.1, -0.05) is 71.6 Å². The fourth-order valence-electron chi connectivity index (χ4n) is 1.84. The van der Waals surface area contributed by atoms with Crippen LogP contribution >= 0.6 is 0 Å². The van der Waals surface area contributed by atoms with E-state index in [1.807, 2.05) is 12.1 Å². The fraction of sp³-hybridized carbons (Fsp3) is 0.0769. The third-order valence-corrected chi connectivity index (χ3v) is 2.64. The van der Waals surface area contributed by atoms with Crippen LogP contribution in [0.4, 0.5) is 0 Å². The third-order valence-electron chi connectivity index (χ3n) is 2.64. The molecule has 2 rings (SSSR count). The second-order valence-electron chi connectivity index (χ2n) is 3.61. The van der Waals surface area contributed by atoms with Crippen molar-refractivity contribution in [3.8, 4) is 0 Å². The molecule has 0 amide bonds. The molecule has 0 aromatic heterocycles. The molecule has 0 saturated carbocycles. The van der Waals surface area contributed by atoms with Gasteiger partial charge in [-0.05, 0) is 6.44 Å². The van der Waals surface area contributed by atoms with Crippen LogP contribution in [0.2, 0.25) is 0 Å².